The summed E-state index contributed by atoms with van der Waals surface area (Å²) < 4.78 is 2.00. The van der Waals surface area contributed by atoms with Crippen LogP contribution in [0, 0.1) is 0 Å². The summed E-state index contributed by atoms with van der Waals surface area (Å²) in [5.41, 5.74) is 20.0. The number of carbonyl (C=O) groups excluding carboxylic acids is 5. The van der Waals surface area contributed by atoms with E-state index in [1.165, 1.54) is 18.0 Å². The van der Waals surface area contributed by atoms with E-state index in [0.717, 1.165) is 47.3 Å². The fourth-order valence-corrected chi connectivity index (χ4v) is 7.99. The van der Waals surface area contributed by atoms with Crippen molar-refractivity contribution in [2.45, 2.75) is 56.5 Å². The topological polar surface area (TPSA) is 220 Å². The number of imide groups is 1. The molecule has 8 rings (SSSR count). The lowest BCUT2D eigenvalue weighted by Crippen LogP contribution is -2.53. The van der Waals surface area contributed by atoms with E-state index in [1.807, 2.05) is 65.2 Å². The van der Waals surface area contributed by atoms with E-state index in [1.54, 1.807) is 18.3 Å². The summed E-state index contributed by atoms with van der Waals surface area (Å²) >= 11 is 0. The molecule has 2 aliphatic rings. The van der Waals surface area contributed by atoms with Gasteiger partial charge in [0.1, 0.15) is 17.4 Å². The number of aromatic nitrogens is 4. The van der Waals surface area contributed by atoms with Gasteiger partial charge in [-0.2, -0.15) is 0 Å². The Kier molecular flexibility index (Phi) is 11.4. The Morgan fingerprint density at radius 2 is 1.79 bits per heavy atom. The van der Waals surface area contributed by atoms with E-state index in [4.69, 9.17) is 21.4 Å². The molecule has 1 saturated carbocycles. The molecule has 6 aromatic rings. The Bertz CT molecular complexity index is 2670. The third kappa shape index (κ3) is 8.32. The van der Waals surface area contributed by atoms with Crippen LogP contribution in [-0.4, -0.2) is 80.5 Å². The molecular weight excluding hydrogens is 773 g/mol. The second-order valence-electron chi connectivity index (χ2n) is 15.6. The van der Waals surface area contributed by atoms with Crippen LogP contribution >= 0.6 is 0 Å². The Balaban J connectivity index is 0.932. The van der Waals surface area contributed by atoms with Crippen molar-refractivity contribution in [3.63, 3.8) is 0 Å². The normalized spacial score (nSPS) is 15.7. The van der Waals surface area contributed by atoms with Crippen LogP contribution in [0.4, 0.5) is 11.5 Å². The highest BCUT2D eigenvalue weighted by Crippen LogP contribution is 2.39. The molecule has 1 aliphatic heterocycles. The van der Waals surface area contributed by atoms with Crippen molar-refractivity contribution in [1.29, 1.82) is 0 Å². The largest absolute Gasteiger partial charge is 0.383 e. The first kappa shape index (κ1) is 40.5. The van der Waals surface area contributed by atoms with Crippen LogP contribution in [0.15, 0.2) is 97.2 Å². The average molecular weight is 819 g/mol. The molecule has 15 nitrogen and oxygen atoms in total. The van der Waals surface area contributed by atoms with Gasteiger partial charge in [-0.1, -0.05) is 42.5 Å². The highest BCUT2D eigenvalue weighted by molar-refractivity contribution is 6.09. The summed E-state index contributed by atoms with van der Waals surface area (Å²) in [6.07, 6.45) is 6.30. The smallest absolute Gasteiger partial charge is 0.257 e. The van der Waals surface area contributed by atoms with Gasteiger partial charge in [0.15, 0.2) is 17.8 Å². The zero-order valence-electron chi connectivity index (χ0n) is 33.7. The molecule has 0 bridgehead atoms. The van der Waals surface area contributed by atoms with Crippen molar-refractivity contribution in [2.75, 3.05) is 31.2 Å². The minimum atomic E-state index is -0.848. The molecule has 3 aromatic carbocycles. The third-order valence-corrected chi connectivity index (χ3v) is 11.6. The summed E-state index contributed by atoms with van der Waals surface area (Å²) in [5.74, 6) is -0.654. The Morgan fingerprint density at radius 1 is 0.984 bits per heavy atom. The molecule has 1 aliphatic carbocycles. The molecular formula is C46H46N10O5. The zero-order valence-corrected chi connectivity index (χ0v) is 33.7. The molecule has 4 amide bonds. The van der Waals surface area contributed by atoms with Crippen molar-refractivity contribution in [1.82, 2.24) is 35.1 Å². The minimum absolute atomic E-state index is 0.107. The molecule has 0 spiro atoms. The van der Waals surface area contributed by atoms with Gasteiger partial charge in [0.25, 0.3) is 5.91 Å². The first-order chi connectivity index (χ1) is 29.5. The van der Waals surface area contributed by atoms with E-state index in [2.05, 4.69) is 33.1 Å². The Morgan fingerprint density at radius 3 is 2.52 bits per heavy atom. The number of pyridine rings is 2. The van der Waals surface area contributed by atoms with Gasteiger partial charge in [-0.3, -0.25) is 33.9 Å². The lowest BCUT2D eigenvalue weighted by atomic mass is 9.73. The van der Waals surface area contributed by atoms with Gasteiger partial charge >= 0.3 is 0 Å². The maximum atomic E-state index is 13.6. The number of fused-ring (bicyclic) bond motifs is 1. The van der Waals surface area contributed by atoms with Gasteiger partial charge in [-0.25, -0.2) is 15.0 Å². The van der Waals surface area contributed by atoms with Gasteiger partial charge in [0.2, 0.25) is 17.7 Å². The molecule has 1 saturated heterocycles. The number of amides is 4. The molecule has 2 fully saturated rings. The van der Waals surface area contributed by atoms with Crippen molar-refractivity contribution >= 4 is 52.6 Å². The third-order valence-electron chi connectivity index (χ3n) is 11.6. The number of aldehydes is 1. The van der Waals surface area contributed by atoms with E-state index < -0.39 is 17.9 Å². The molecule has 1 atom stereocenters. The molecule has 1 unspecified atom stereocenters. The van der Waals surface area contributed by atoms with Crippen molar-refractivity contribution in [3.05, 3.63) is 119 Å². The predicted molar refractivity (Wildman–Crippen MR) is 232 cm³/mol. The number of nitrogens with zero attached hydrogens (tertiary/aromatic N) is 5. The molecule has 61 heavy (non-hydrogen) atoms. The summed E-state index contributed by atoms with van der Waals surface area (Å²) in [5, 5.41) is 8.33. The quantitative estimate of drug-likeness (QED) is 0.0564. The van der Waals surface area contributed by atoms with E-state index in [9.17, 15) is 24.0 Å². The van der Waals surface area contributed by atoms with E-state index in [0.29, 0.717) is 46.8 Å². The SMILES string of the molecule is CN(C(=O)c1c(C=O)cccc1NCCNC(=O)CCc1cccc(-c2ccc3nc(-c4cccnc4N)n(-c4ccc(C5(N)CCC5)cc4)c3n2)c1)C1CCC(=O)NC1=O. The lowest BCUT2D eigenvalue weighted by molar-refractivity contribution is -0.136. The second-order valence-corrected chi connectivity index (χ2v) is 15.6. The fourth-order valence-electron chi connectivity index (χ4n) is 7.99. The number of aryl methyl sites for hydroxylation is 1. The highest BCUT2D eigenvalue weighted by Gasteiger charge is 2.35. The van der Waals surface area contributed by atoms with Gasteiger partial charge in [0, 0.05) is 67.2 Å². The summed E-state index contributed by atoms with van der Waals surface area (Å²) in [4.78, 5) is 78.2. The monoisotopic (exact) mass is 818 g/mol. The number of anilines is 2. The van der Waals surface area contributed by atoms with Gasteiger partial charge in [-0.05, 0) is 91.8 Å². The number of hydrogen-bond acceptors (Lipinski definition) is 11. The number of nitrogens with one attached hydrogen (secondary N) is 3. The van der Waals surface area contributed by atoms with Crippen LogP contribution in [0.2, 0.25) is 0 Å². The predicted octanol–water partition coefficient (Wildman–Crippen LogP) is 4.92. The number of imidazole rings is 1. The van der Waals surface area contributed by atoms with Gasteiger partial charge in [0.05, 0.1) is 16.8 Å². The van der Waals surface area contributed by atoms with Gasteiger partial charge < -0.3 is 27.0 Å². The molecule has 0 radical (unpaired) electrons. The lowest BCUT2D eigenvalue weighted by Gasteiger charge is -2.38. The number of rotatable bonds is 14. The van der Waals surface area contributed by atoms with Crippen LogP contribution < -0.4 is 27.4 Å². The number of nitrogen functional groups attached to an aromatic ring is 1. The number of piperidine rings is 1. The molecule has 15 heteroatoms. The van der Waals surface area contributed by atoms with Crippen LogP contribution in [0.25, 0.3) is 39.5 Å². The maximum absolute atomic E-state index is 13.6. The average Bonchev–Trinajstić information content (AvgIpc) is 3.64. The van der Waals surface area contributed by atoms with Crippen LogP contribution in [0.1, 0.15) is 70.4 Å². The van der Waals surface area contributed by atoms with Crippen LogP contribution in [0.3, 0.4) is 0 Å². The standard InChI is InChI=1S/C46H46N10O5/c1-55(37-18-20-39(59)54-44(37)60)45(61)40-30(27-57)8-3-10-35(40)49-24-25-50-38(58)19-11-28-6-2-7-29(26-28)34-16-17-36-43(52-34)56(42(53-36)33-9-4-23-51-41(33)47)32-14-12-31(13-15-32)46(48)21-5-22-46/h2-4,6-10,12-17,23,26-27,37,49H,5,11,18-22,24-25,48H2,1H3,(H2,47,51)(H,50,58)(H,54,59,60). The summed E-state index contributed by atoms with van der Waals surface area (Å²) in [6.45, 7) is 0.518. The first-order valence-corrected chi connectivity index (χ1v) is 20.3. The van der Waals surface area contributed by atoms with Crippen LogP contribution in [0.5, 0.6) is 0 Å². The number of benzene rings is 3. The Labute approximate surface area is 352 Å². The van der Waals surface area contributed by atoms with Crippen molar-refractivity contribution in [2.24, 2.45) is 5.73 Å². The fraction of sp³-hybridized carbons (Fsp3) is 0.261. The minimum Gasteiger partial charge on any atom is -0.383 e. The second kappa shape index (κ2) is 17.1. The van der Waals surface area contributed by atoms with Crippen molar-refractivity contribution in [3.8, 4) is 28.3 Å². The van der Waals surface area contributed by atoms with E-state index >= 15 is 0 Å². The number of hydrogen-bond donors (Lipinski definition) is 5. The Hall–Kier alpha value is -7.26. The van der Waals surface area contributed by atoms with E-state index in [-0.39, 0.29) is 60.8 Å². The zero-order chi connectivity index (χ0) is 42.7. The molecule has 310 valence electrons. The highest BCUT2D eigenvalue weighted by atomic mass is 16.2. The summed E-state index contributed by atoms with van der Waals surface area (Å²) in [6, 6.07) is 27.8. The van der Waals surface area contributed by atoms with Crippen LogP contribution in [-0.2, 0) is 26.3 Å². The number of nitrogens with two attached hydrogens (primary N) is 2. The molecule has 4 heterocycles. The summed E-state index contributed by atoms with van der Waals surface area (Å²) in [7, 11) is 1.47. The first-order valence-electron chi connectivity index (χ1n) is 20.3. The molecule has 3 aromatic heterocycles. The van der Waals surface area contributed by atoms with Crippen molar-refractivity contribution < 1.29 is 24.0 Å². The number of likely N-dealkylation sites (N-methyl/N-ethyl adjacent to an activating group) is 1. The maximum Gasteiger partial charge on any atom is 0.257 e. The molecule has 7 N–H and O–H groups in total. The van der Waals surface area contributed by atoms with Gasteiger partial charge in [-0.15, -0.1) is 0 Å². The number of carbonyl (C=O) groups is 5.